The number of hydrogen-bond acceptors (Lipinski definition) is 5. The van der Waals surface area contributed by atoms with Crippen molar-refractivity contribution in [2.24, 2.45) is 0 Å². The first-order chi connectivity index (χ1) is 15.5. The molecule has 7 heteroatoms. The van der Waals surface area contributed by atoms with E-state index in [0.717, 1.165) is 5.56 Å². The monoisotopic (exact) mass is 447 g/mol. The first kappa shape index (κ1) is 20.2. The lowest BCUT2D eigenvalue weighted by Gasteiger charge is -2.26. The molecule has 0 aromatic heterocycles. The summed E-state index contributed by atoms with van der Waals surface area (Å²) in [7, 11) is 0. The van der Waals surface area contributed by atoms with E-state index in [-0.39, 0.29) is 18.1 Å². The topological polar surface area (TPSA) is 76.1 Å². The van der Waals surface area contributed by atoms with Crippen LogP contribution in [0.1, 0.15) is 22.7 Å². The van der Waals surface area contributed by atoms with E-state index in [1.54, 1.807) is 66.7 Å². The number of aryl methyl sites for hydroxylation is 1. The van der Waals surface area contributed by atoms with Gasteiger partial charge in [0.05, 0.1) is 11.6 Å². The first-order valence-electron chi connectivity index (χ1n) is 9.98. The third-order valence-corrected chi connectivity index (χ3v) is 6.04. The lowest BCUT2D eigenvalue weighted by Crippen LogP contribution is -2.29. The number of Topliss-reactive ketones (excluding diaryl/α,β-unsaturated/α-hetero) is 1. The van der Waals surface area contributed by atoms with Gasteiger partial charge in [-0.05, 0) is 42.3 Å². The van der Waals surface area contributed by atoms with E-state index in [1.165, 1.54) is 4.90 Å². The minimum absolute atomic E-state index is 0.00300. The molecule has 6 nitrogen and oxygen atoms in total. The number of fused-ring (bicyclic) bond motifs is 1. The summed E-state index contributed by atoms with van der Waals surface area (Å²) in [6.07, 6.45) is 0. The Morgan fingerprint density at radius 2 is 1.75 bits per heavy atom. The summed E-state index contributed by atoms with van der Waals surface area (Å²) in [5, 5.41) is 11.6. The Kier molecular flexibility index (Phi) is 4.87. The van der Waals surface area contributed by atoms with Gasteiger partial charge in [0.15, 0.2) is 11.5 Å². The largest absolute Gasteiger partial charge is 0.507 e. The van der Waals surface area contributed by atoms with Crippen molar-refractivity contribution in [3.8, 4) is 11.5 Å². The SMILES string of the molecule is Cc1ccc(N2C(=O)C(=O)/C(=C(/O)c3ccccc3)C2c2ccc3c(c2)OCO3)cc1Cl. The van der Waals surface area contributed by atoms with E-state index in [9.17, 15) is 14.7 Å². The van der Waals surface area contributed by atoms with Crippen molar-refractivity contribution in [1.29, 1.82) is 0 Å². The number of halogens is 1. The van der Waals surface area contributed by atoms with Gasteiger partial charge in [-0.2, -0.15) is 0 Å². The molecule has 0 radical (unpaired) electrons. The van der Waals surface area contributed by atoms with Crippen LogP contribution < -0.4 is 14.4 Å². The number of nitrogens with zero attached hydrogens (tertiary/aromatic N) is 1. The van der Waals surface area contributed by atoms with Gasteiger partial charge in [0.25, 0.3) is 11.7 Å². The van der Waals surface area contributed by atoms with Gasteiger partial charge >= 0.3 is 0 Å². The maximum Gasteiger partial charge on any atom is 0.300 e. The first-order valence-corrected chi connectivity index (χ1v) is 10.4. The fraction of sp³-hybridized carbons (Fsp3) is 0.120. The number of ketones is 1. The smallest absolute Gasteiger partial charge is 0.300 e. The van der Waals surface area contributed by atoms with Crippen molar-refractivity contribution in [3.63, 3.8) is 0 Å². The van der Waals surface area contributed by atoms with Crippen LogP contribution in [0.2, 0.25) is 5.02 Å². The van der Waals surface area contributed by atoms with Gasteiger partial charge in [-0.1, -0.05) is 54.1 Å². The van der Waals surface area contributed by atoms with E-state index >= 15 is 0 Å². The molecule has 0 spiro atoms. The Balaban J connectivity index is 1.73. The number of rotatable bonds is 3. The molecule has 0 bridgehead atoms. The van der Waals surface area contributed by atoms with Gasteiger partial charge in [-0.3, -0.25) is 14.5 Å². The number of anilines is 1. The number of ether oxygens (including phenoxy) is 2. The summed E-state index contributed by atoms with van der Waals surface area (Å²) < 4.78 is 10.9. The molecule has 0 saturated carbocycles. The quantitative estimate of drug-likeness (QED) is 0.347. The molecule has 32 heavy (non-hydrogen) atoms. The Morgan fingerprint density at radius 1 is 1.00 bits per heavy atom. The van der Waals surface area contributed by atoms with Gasteiger partial charge < -0.3 is 14.6 Å². The third kappa shape index (κ3) is 3.20. The Morgan fingerprint density at radius 3 is 2.50 bits per heavy atom. The highest BCUT2D eigenvalue weighted by Gasteiger charge is 2.47. The lowest BCUT2D eigenvalue weighted by molar-refractivity contribution is -0.132. The number of aliphatic hydroxyl groups is 1. The van der Waals surface area contributed by atoms with Crippen molar-refractivity contribution in [2.75, 3.05) is 11.7 Å². The van der Waals surface area contributed by atoms with Crippen molar-refractivity contribution in [2.45, 2.75) is 13.0 Å². The fourth-order valence-corrected chi connectivity index (χ4v) is 4.16. The van der Waals surface area contributed by atoms with Crippen LogP contribution in [-0.4, -0.2) is 23.6 Å². The predicted molar refractivity (Wildman–Crippen MR) is 120 cm³/mol. The standard InChI is InChI=1S/C25H18ClNO5/c1-14-7-9-17(12-18(14)26)27-22(16-8-10-19-20(11-16)32-13-31-19)21(24(29)25(27)30)23(28)15-5-3-2-4-6-15/h2-12,22,28H,13H2,1H3/b23-21+. The average molecular weight is 448 g/mol. The van der Waals surface area contributed by atoms with Gasteiger partial charge in [0, 0.05) is 16.3 Å². The summed E-state index contributed by atoms with van der Waals surface area (Å²) in [6, 6.07) is 18.2. The molecule has 3 aromatic carbocycles. The molecule has 0 aliphatic carbocycles. The average Bonchev–Trinajstić information content (AvgIpc) is 3.38. The van der Waals surface area contributed by atoms with E-state index in [1.807, 2.05) is 6.92 Å². The Labute approximate surface area is 189 Å². The molecule has 1 N–H and O–H groups in total. The zero-order chi connectivity index (χ0) is 22.4. The van der Waals surface area contributed by atoms with Gasteiger partial charge in [0.1, 0.15) is 5.76 Å². The number of carbonyl (C=O) groups excluding carboxylic acids is 2. The molecular formula is C25H18ClNO5. The maximum absolute atomic E-state index is 13.2. The van der Waals surface area contributed by atoms with Crippen molar-refractivity contribution in [3.05, 3.63) is 94.0 Å². The minimum Gasteiger partial charge on any atom is -0.507 e. The van der Waals surface area contributed by atoms with E-state index in [4.69, 9.17) is 21.1 Å². The second-order valence-electron chi connectivity index (χ2n) is 7.58. The summed E-state index contributed by atoms with van der Waals surface area (Å²) in [4.78, 5) is 27.7. The third-order valence-electron chi connectivity index (χ3n) is 5.64. The molecule has 160 valence electrons. The lowest BCUT2D eigenvalue weighted by atomic mass is 9.94. The van der Waals surface area contributed by atoms with Gasteiger partial charge in [-0.15, -0.1) is 0 Å². The highest BCUT2D eigenvalue weighted by atomic mass is 35.5. The number of aliphatic hydroxyl groups excluding tert-OH is 1. The van der Waals surface area contributed by atoms with Crippen molar-refractivity contribution < 1.29 is 24.2 Å². The molecule has 1 saturated heterocycles. The summed E-state index contributed by atoms with van der Waals surface area (Å²) in [6.45, 7) is 1.95. The highest BCUT2D eigenvalue weighted by molar-refractivity contribution is 6.51. The molecule has 2 aliphatic rings. The summed E-state index contributed by atoms with van der Waals surface area (Å²) in [5.41, 5.74) is 2.34. The summed E-state index contributed by atoms with van der Waals surface area (Å²) >= 11 is 6.32. The molecule has 3 aromatic rings. The normalized spacial score (nSPS) is 18.9. The maximum atomic E-state index is 13.2. The van der Waals surface area contributed by atoms with Crippen LogP contribution in [0, 0.1) is 6.92 Å². The number of hydrogen-bond donors (Lipinski definition) is 1. The van der Waals surface area contributed by atoms with Gasteiger partial charge in [-0.25, -0.2) is 0 Å². The highest BCUT2D eigenvalue weighted by Crippen LogP contribution is 2.45. The summed E-state index contributed by atoms with van der Waals surface area (Å²) in [5.74, 6) is -0.676. The minimum atomic E-state index is -0.872. The van der Waals surface area contributed by atoms with Crippen LogP contribution in [0.25, 0.3) is 5.76 Å². The van der Waals surface area contributed by atoms with Crippen LogP contribution in [0.5, 0.6) is 11.5 Å². The zero-order valence-corrected chi connectivity index (χ0v) is 17.8. The van der Waals surface area contributed by atoms with Crippen LogP contribution in [0.3, 0.4) is 0 Å². The molecule has 1 unspecified atom stereocenters. The molecule has 2 heterocycles. The molecule has 1 fully saturated rings. The molecule has 5 rings (SSSR count). The van der Waals surface area contributed by atoms with Crippen molar-refractivity contribution in [1.82, 2.24) is 0 Å². The molecule has 2 aliphatic heterocycles. The van der Waals surface area contributed by atoms with Crippen LogP contribution in [-0.2, 0) is 9.59 Å². The van der Waals surface area contributed by atoms with E-state index in [2.05, 4.69) is 0 Å². The second kappa shape index (κ2) is 7.73. The fourth-order valence-electron chi connectivity index (χ4n) is 3.98. The molecular weight excluding hydrogens is 430 g/mol. The van der Waals surface area contributed by atoms with Crippen LogP contribution >= 0.6 is 11.6 Å². The molecule has 1 atom stereocenters. The molecule has 1 amide bonds. The van der Waals surface area contributed by atoms with E-state index < -0.39 is 17.7 Å². The number of carbonyl (C=O) groups is 2. The van der Waals surface area contributed by atoms with Gasteiger partial charge in [0.2, 0.25) is 6.79 Å². The second-order valence-corrected chi connectivity index (χ2v) is 7.99. The van der Waals surface area contributed by atoms with Crippen LogP contribution in [0.15, 0.2) is 72.3 Å². The number of amides is 1. The Bertz CT molecular complexity index is 1280. The van der Waals surface area contributed by atoms with Crippen molar-refractivity contribution >= 4 is 34.7 Å². The zero-order valence-electron chi connectivity index (χ0n) is 17.0. The number of benzene rings is 3. The Hall–Kier alpha value is -3.77. The predicted octanol–water partition coefficient (Wildman–Crippen LogP) is 5.00. The van der Waals surface area contributed by atoms with Crippen LogP contribution in [0.4, 0.5) is 5.69 Å². The van der Waals surface area contributed by atoms with E-state index in [0.29, 0.717) is 33.3 Å².